The SMILES string of the molecule is C[C@H](NC(=O)c1ccccc1Cl)C(=O)N(C)Cc1c(F)cccc1Cl. The maximum atomic E-state index is 13.8. The van der Waals surface area contributed by atoms with Crippen LogP contribution in [0.3, 0.4) is 0 Å². The highest BCUT2D eigenvalue weighted by Crippen LogP contribution is 2.20. The van der Waals surface area contributed by atoms with Gasteiger partial charge in [-0.2, -0.15) is 0 Å². The van der Waals surface area contributed by atoms with E-state index in [1.54, 1.807) is 37.3 Å². The second-order valence-electron chi connectivity index (χ2n) is 5.57. The number of carbonyl (C=O) groups is 2. The molecule has 1 atom stereocenters. The van der Waals surface area contributed by atoms with E-state index in [1.165, 1.54) is 24.1 Å². The van der Waals surface area contributed by atoms with E-state index in [9.17, 15) is 14.0 Å². The minimum atomic E-state index is -0.806. The minimum Gasteiger partial charge on any atom is -0.340 e. The van der Waals surface area contributed by atoms with Gasteiger partial charge in [-0.05, 0) is 31.2 Å². The van der Waals surface area contributed by atoms with Crippen LogP contribution in [0.4, 0.5) is 4.39 Å². The average Bonchev–Trinajstić information content (AvgIpc) is 2.57. The standard InChI is InChI=1S/C18H17Cl2FN2O2/c1-11(22-17(24)12-6-3-4-7-14(12)19)18(25)23(2)10-13-15(20)8-5-9-16(13)21/h3-9,11H,10H2,1-2H3,(H,22,24)/t11-/m0/s1. The summed E-state index contributed by atoms with van der Waals surface area (Å²) in [4.78, 5) is 26.0. The van der Waals surface area contributed by atoms with Crippen molar-refractivity contribution in [2.75, 3.05) is 7.05 Å². The summed E-state index contributed by atoms with van der Waals surface area (Å²) < 4.78 is 13.8. The van der Waals surface area contributed by atoms with Crippen molar-refractivity contribution in [2.45, 2.75) is 19.5 Å². The number of nitrogens with one attached hydrogen (secondary N) is 1. The van der Waals surface area contributed by atoms with Crippen molar-refractivity contribution in [3.8, 4) is 0 Å². The third-order valence-corrected chi connectivity index (χ3v) is 4.35. The highest BCUT2D eigenvalue weighted by atomic mass is 35.5. The van der Waals surface area contributed by atoms with Crippen LogP contribution >= 0.6 is 23.2 Å². The summed E-state index contributed by atoms with van der Waals surface area (Å²) in [5.41, 5.74) is 0.508. The van der Waals surface area contributed by atoms with E-state index in [2.05, 4.69) is 5.32 Å². The topological polar surface area (TPSA) is 49.4 Å². The molecule has 2 rings (SSSR count). The highest BCUT2D eigenvalue weighted by Gasteiger charge is 2.22. The van der Waals surface area contributed by atoms with Gasteiger partial charge >= 0.3 is 0 Å². The van der Waals surface area contributed by atoms with Crippen LogP contribution in [0.1, 0.15) is 22.8 Å². The van der Waals surface area contributed by atoms with Gasteiger partial charge < -0.3 is 10.2 Å². The Kier molecular flexibility index (Phi) is 6.39. The third kappa shape index (κ3) is 4.71. The molecule has 0 aliphatic carbocycles. The predicted octanol–water partition coefficient (Wildman–Crippen LogP) is 3.91. The maximum absolute atomic E-state index is 13.8. The quantitative estimate of drug-likeness (QED) is 0.851. The molecule has 25 heavy (non-hydrogen) atoms. The summed E-state index contributed by atoms with van der Waals surface area (Å²) in [6.45, 7) is 1.55. The largest absolute Gasteiger partial charge is 0.340 e. The normalized spacial score (nSPS) is 11.7. The smallest absolute Gasteiger partial charge is 0.253 e. The van der Waals surface area contributed by atoms with E-state index in [1.807, 2.05) is 0 Å². The molecule has 0 radical (unpaired) electrons. The Morgan fingerprint density at radius 2 is 1.76 bits per heavy atom. The first-order valence-electron chi connectivity index (χ1n) is 7.54. The molecule has 2 aromatic rings. The first-order chi connectivity index (χ1) is 11.8. The molecule has 7 heteroatoms. The lowest BCUT2D eigenvalue weighted by molar-refractivity contribution is -0.132. The van der Waals surface area contributed by atoms with Crippen molar-refractivity contribution < 1.29 is 14.0 Å². The molecule has 0 aromatic heterocycles. The van der Waals surface area contributed by atoms with Gasteiger partial charge in [-0.25, -0.2) is 4.39 Å². The summed E-state index contributed by atoms with van der Waals surface area (Å²) in [6, 6.07) is 10.1. The molecule has 0 saturated heterocycles. The number of amides is 2. The Labute approximate surface area is 155 Å². The van der Waals surface area contributed by atoms with Crippen LogP contribution in [-0.2, 0) is 11.3 Å². The molecular weight excluding hydrogens is 366 g/mol. The molecule has 132 valence electrons. The van der Waals surface area contributed by atoms with Crippen molar-refractivity contribution in [1.29, 1.82) is 0 Å². The van der Waals surface area contributed by atoms with Crippen LogP contribution in [-0.4, -0.2) is 29.8 Å². The molecule has 2 aromatic carbocycles. The van der Waals surface area contributed by atoms with Crippen molar-refractivity contribution >= 4 is 35.0 Å². The lowest BCUT2D eigenvalue weighted by Crippen LogP contribution is -2.45. The summed E-state index contributed by atoms with van der Waals surface area (Å²) in [6.07, 6.45) is 0. The van der Waals surface area contributed by atoms with Crippen LogP contribution < -0.4 is 5.32 Å². The molecule has 0 fully saturated rings. The molecular formula is C18H17Cl2FN2O2. The van der Waals surface area contributed by atoms with Gasteiger partial charge in [0.1, 0.15) is 11.9 Å². The zero-order chi connectivity index (χ0) is 18.6. The molecule has 0 aliphatic rings. The lowest BCUT2D eigenvalue weighted by Gasteiger charge is -2.23. The van der Waals surface area contributed by atoms with E-state index in [0.29, 0.717) is 5.02 Å². The van der Waals surface area contributed by atoms with Gasteiger partial charge in [0.15, 0.2) is 0 Å². The predicted molar refractivity (Wildman–Crippen MR) is 96.3 cm³/mol. The van der Waals surface area contributed by atoms with E-state index < -0.39 is 17.8 Å². The Hall–Kier alpha value is -2.11. The minimum absolute atomic E-state index is 0.00333. The number of hydrogen-bond acceptors (Lipinski definition) is 2. The second kappa shape index (κ2) is 8.32. The monoisotopic (exact) mass is 382 g/mol. The number of benzene rings is 2. The van der Waals surface area contributed by atoms with Gasteiger partial charge in [0.2, 0.25) is 5.91 Å². The van der Waals surface area contributed by atoms with Crippen LogP contribution in [0.5, 0.6) is 0 Å². The number of nitrogens with zero attached hydrogens (tertiary/aromatic N) is 1. The van der Waals surface area contributed by atoms with Crippen molar-refractivity contribution in [3.63, 3.8) is 0 Å². The molecule has 0 bridgehead atoms. The van der Waals surface area contributed by atoms with Gasteiger partial charge in [-0.3, -0.25) is 9.59 Å². The van der Waals surface area contributed by atoms with E-state index >= 15 is 0 Å². The first kappa shape index (κ1) is 19.2. The number of halogens is 3. The molecule has 0 heterocycles. The molecule has 1 N–H and O–H groups in total. The zero-order valence-corrected chi connectivity index (χ0v) is 15.2. The lowest BCUT2D eigenvalue weighted by atomic mass is 10.1. The van der Waals surface area contributed by atoms with E-state index in [-0.39, 0.29) is 28.6 Å². The fraction of sp³-hybridized carbons (Fsp3) is 0.222. The van der Waals surface area contributed by atoms with Gasteiger partial charge in [0.05, 0.1) is 10.6 Å². The molecule has 0 saturated carbocycles. The molecule has 0 aliphatic heterocycles. The molecule has 2 amide bonds. The molecule has 4 nitrogen and oxygen atoms in total. The van der Waals surface area contributed by atoms with Crippen LogP contribution in [0.15, 0.2) is 42.5 Å². The number of hydrogen-bond donors (Lipinski definition) is 1. The molecule has 0 unspecified atom stereocenters. The van der Waals surface area contributed by atoms with Crippen molar-refractivity contribution in [1.82, 2.24) is 10.2 Å². The second-order valence-corrected chi connectivity index (χ2v) is 6.38. The van der Waals surface area contributed by atoms with E-state index in [0.717, 1.165) is 0 Å². The van der Waals surface area contributed by atoms with Crippen LogP contribution in [0.25, 0.3) is 0 Å². The van der Waals surface area contributed by atoms with Gasteiger partial charge in [-0.15, -0.1) is 0 Å². The number of rotatable bonds is 5. The highest BCUT2D eigenvalue weighted by molar-refractivity contribution is 6.33. The average molecular weight is 383 g/mol. The number of carbonyl (C=O) groups excluding carboxylic acids is 2. The third-order valence-electron chi connectivity index (χ3n) is 3.67. The molecule has 0 spiro atoms. The Balaban J connectivity index is 2.04. The van der Waals surface area contributed by atoms with Gasteiger partial charge in [0.25, 0.3) is 5.91 Å². The Morgan fingerprint density at radius 3 is 2.40 bits per heavy atom. The van der Waals surface area contributed by atoms with Crippen LogP contribution in [0.2, 0.25) is 10.0 Å². The zero-order valence-electron chi connectivity index (χ0n) is 13.7. The summed E-state index contributed by atoms with van der Waals surface area (Å²) >= 11 is 12.0. The van der Waals surface area contributed by atoms with Crippen LogP contribution in [0, 0.1) is 5.82 Å². The maximum Gasteiger partial charge on any atom is 0.253 e. The fourth-order valence-electron chi connectivity index (χ4n) is 2.31. The summed E-state index contributed by atoms with van der Waals surface area (Å²) in [7, 11) is 1.52. The number of likely N-dealkylation sites (N-methyl/N-ethyl adjacent to an activating group) is 1. The Bertz CT molecular complexity index is 778. The fourth-order valence-corrected chi connectivity index (χ4v) is 2.75. The first-order valence-corrected chi connectivity index (χ1v) is 8.30. The van der Waals surface area contributed by atoms with Gasteiger partial charge in [-0.1, -0.05) is 41.4 Å². The van der Waals surface area contributed by atoms with Gasteiger partial charge in [0, 0.05) is 24.2 Å². The summed E-state index contributed by atoms with van der Waals surface area (Å²) in [5, 5.41) is 3.13. The van der Waals surface area contributed by atoms with Crippen molar-refractivity contribution in [3.05, 3.63) is 69.5 Å². The van der Waals surface area contributed by atoms with E-state index in [4.69, 9.17) is 23.2 Å². The van der Waals surface area contributed by atoms with Crippen molar-refractivity contribution in [2.24, 2.45) is 0 Å². The summed E-state index contributed by atoms with van der Waals surface area (Å²) in [5.74, 6) is -1.32. The Morgan fingerprint density at radius 1 is 1.12 bits per heavy atom.